The van der Waals surface area contributed by atoms with Crippen molar-refractivity contribution in [2.24, 2.45) is 0 Å². The number of methoxy groups -OCH3 is 1. The number of rotatable bonds is 3. The Bertz CT molecular complexity index is 1020. The van der Waals surface area contributed by atoms with E-state index in [0.29, 0.717) is 5.75 Å². The van der Waals surface area contributed by atoms with E-state index in [9.17, 15) is 25.3 Å². The van der Waals surface area contributed by atoms with Gasteiger partial charge in [0.05, 0.1) is 47.1 Å². The number of ether oxygens (including phenoxy) is 1. The molecular weight excluding hydrogens is 416 g/mol. The number of sulfone groups is 2. The molecule has 27 heavy (non-hydrogen) atoms. The third kappa shape index (κ3) is 3.27. The maximum Gasteiger partial charge on any atom is 0.243 e. The largest absolute Gasteiger partial charge is 0.497 e. The van der Waals surface area contributed by atoms with E-state index in [2.05, 4.69) is 5.32 Å². The summed E-state index contributed by atoms with van der Waals surface area (Å²) < 4.78 is 81.5. The van der Waals surface area contributed by atoms with Crippen molar-refractivity contribution in [1.82, 2.24) is 9.62 Å². The lowest BCUT2D eigenvalue weighted by molar-refractivity contribution is 0.160. The summed E-state index contributed by atoms with van der Waals surface area (Å²) in [7, 11) is -9.45. The minimum Gasteiger partial charge on any atom is -0.497 e. The third-order valence-electron chi connectivity index (χ3n) is 5.36. The molecule has 4 rings (SSSR count). The first-order valence-corrected chi connectivity index (χ1v) is 13.5. The van der Waals surface area contributed by atoms with Crippen molar-refractivity contribution in [2.75, 3.05) is 30.1 Å². The molecule has 1 N–H and O–H groups in total. The van der Waals surface area contributed by atoms with E-state index >= 15 is 0 Å². The van der Waals surface area contributed by atoms with Gasteiger partial charge in [-0.3, -0.25) is 0 Å². The van der Waals surface area contributed by atoms with Crippen LogP contribution in [0, 0.1) is 0 Å². The van der Waals surface area contributed by atoms with Crippen molar-refractivity contribution in [3.8, 4) is 5.75 Å². The summed E-state index contributed by atoms with van der Waals surface area (Å²) in [4.78, 5) is -0.0173. The normalized spacial score (nSPS) is 34.7. The van der Waals surface area contributed by atoms with Crippen LogP contribution in [0.4, 0.5) is 0 Å². The second-order valence-corrected chi connectivity index (χ2v) is 13.3. The smallest absolute Gasteiger partial charge is 0.243 e. The van der Waals surface area contributed by atoms with Crippen LogP contribution in [0.2, 0.25) is 0 Å². The predicted octanol–water partition coefficient (Wildman–Crippen LogP) is -1.38. The fraction of sp³-hybridized carbons (Fsp3) is 0.600. The number of hydrogen-bond acceptors (Lipinski definition) is 8. The number of benzene rings is 1. The van der Waals surface area contributed by atoms with Gasteiger partial charge in [-0.1, -0.05) is 0 Å². The average Bonchev–Trinajstić information content (AvgIpc) is 3.04. The second kappa shape index (κ2) is 6.14. The number of fused-ring (bicyclic) bond motifs is 2. The van der Waals surface area contributed by atoms with Crippen molar-refractivity contribution in [2.45, 2.75) is 29.1 Å². The van der Waals surface area contributed by atoms with Crippen molar-refractivity contribution in [3.63, 3.8) is 0 Å². The maximum absolute atomic E-state index is 13.4. The van der Waals surface area contributed by atoms with Crippen molar-refractivity contribution in [3.05, 3.63) is 24.3 Å². The van der Waals surface area contributed by atoms with Gasteiger partial charge in [-0.05, 0) is 24.3 Å². The van der Waals surface area contributed by atoms with Crippen LogP contribution in [0.5, 0.6) is 5.75 Å². The van der Waals surface area contributed by atoms with E-state index in [-0.39, 0.29) is 27.9 Å². The van der Waals surface area contributed by atoms with Gasteiger partial charge in [0.15, 0.2) is 19.7 Å². The lowest BCUT2D eigenvalue weighted by Crippen LogP contribution is -2.67. The Morgan fingerprint density at radius 3 is 1.85 bits per heavy atom. The van der Waals surface area contributed by atoms with E-state index in [1.807, 2.05) is 0 Å². The molecule has 4 atom stereocenters. The van der Waals surface area contributed by atoms with Crippen molar-refractivity contribution in [1.29, 1.82) is 0 Å². The first-order valence-electron chi connectivity index (χ1n) is 8.37. The summed E-state index contributed by atoms with van der Waals surface area (Å²) in [6.45, 7) is 0. The minimum absolute atomic E-state index is 0.0173. The van der Waals surface area contributed by atoms with Crippen LogP contribution in [0.25, 0.3) is 0 Å². The fourth-order valence-electron chi connectivity index (χ4n) is 4.22. The molecule has 3 fully saturated rings. The number of nitrogens with zero attached hydrogens (tertiary/aromatic N) is 1. The van der Waals surface area contributed by atoms with Gasteiger partial charge in [-0.25, -0.2) is 25.3 Å². The minimum atomic E-state index is -4.09. The van der Waals surface area contributed by atoms with Crippen LogP contribution < -0.4 is 10.1 Å². The van der Waals surface area contributed by atoms with Crippen molar-refractivity contribution < 1.29 is 30.0 Å². The molecule has 3 saturated heterocycles. The third-order valence-corrected chi connectivity index (χ3v) is 10.8. The molecule has 3 aliphatic heterocycles. The highest BCUT2D eigenvalue weighted by atomic mass is 32.2. The van der Waals surface area contributed by atoms with Gasteiger partial charge in [0, 0.05) is 12.1 Å². The number of nitrogens with one attached hydrogen (secondary N) is 1. The molecule has 0 unspecified atom stereocenters. The highest BCUT2D eigenvalue weighted by molar-refractivity contribution is 7.92. The zero-order valence-electron chi connectivity index (χ0n) is 14.5. The molecule has 0 aliphatic carbocycles. The van der Waals surface area contributed by atoms with Crippen LogP contribution in [0.15, 0.2) is 29.2 Å². The van der Waals surface area contributed by atoms with Crippen LogP contribution >= 0.6 is 0 Å². The molecule has 0 aromatic heterocycles. The Morgan fingerprint density at radius 1 is 0.926 bits per heavy atom. The van der Waals surface area contributed by atoms with E-state index in [0.717, 1.165) is 4.31 Å². The SMILES string of the molecule is COc1ccc(S(=O)(=O)N2[C@@H]3CS(=O)(=O)C[C@@H]3N[C@@H]3CS(=O)(=O)C[C@@H]32)cc1. The second-order valence-electron chi connectivity index (χ2n) is 7.18. The zero-order chi connectivity index (χ0) is 19.6. The quantitative estimate of drug-likeness (QED) is 0.614. The van der Waals surface area contributed by atoms with E-state index < -0.39 is 53.9 Å². The summed E-state index contributed by atoms with van der Waals surface area (Å²) in [6, 6.07) is 2.89. The molecule has 0 spiro atoms. The van der Waals surface area contributed by atoms with Crippen LogP contribution in [0.1, 0.15) is 0 Å². The van der Waals surface area contributed by atoms with Gasteiger partial charge in [0.2, 0.25) is 10.0 Å². The van der Waals surface area contributed by atoms with Gasteiger partial charge in [0.1, 0.15) is 5.75 Å². The zero-order valence-corrected chi connectivity index (χ0v) is 16.9. The summed E-state index contributed by atoms with van der Waals surface area (Å²) in [6.07, 6.45) is 0. The molecule has 3 heterocycles. The Balaban J connectivity index is 1.80. The van der Waals surface area contributed by atoms with Gasteiger partial charge in [0.25, 0.3) is 0 Å². The molecule has 150 valence electrons. The van der Waals surface area contributed by atoms with Crippen LogP contribution in [-0.4, -0.2) is 83.8 Å². The fourth-order valence-corrected chi connectivity index (χ4v) is 10.1. The molecule has 1 aromatic carbocycles. The summed E-state index contributed by atoms with van der Waals surface area (Å²) in [5, 5.41) is 3.08. The molecule has 0 saturated carbocycles. The lowest BCUT2D eigenvalue weighted by atomic mass is 10.0. The average molecular weight is 437 g/mol. The van der Waals surface area contributed by atoms with Gasteiger partial charge < -0.3 is 10.1 Å². The predicted molar refractivity (Wildman–Crippen MR) is 97.6 cm³/mol. The van der Waals surface area contributed by atoms with Crippen LogP contribution in [0.3, 0.4) is 0 Å². The van der Waals surface area contributed by atoms with Crippen molar-refractivity contribution >= 4 is 29.7 Å². The molecule has 9 nitrogen and oxygen atoms in total. The lowest BCUT2D eigenvalue weighted by Gasteiger charge is -2.43. The maximum atomic E-state index is 13.4. The first-order chi connectivity index (χ1) is 12.5. The first kappa shape index (κ1) is 19.1. The summed E-state index contributed by atoms with van der Waals surface area (Å²) in [5.74, 6) is -0.547. The highest BCUT2D eigenvalue weighted by Gasteiger charge is 2.57. The summed E-state index contributed by atoms with van der Waals surface area (Å²) >= 11 is 0. The van der Waals surface area contributed by atoms with E-state index in [1.165, 1.54) is 31.4 Å². The Hall–Kier alpha value is -1.21. The number of sulfonamides is 1. The van der Waals surface area contributed by atoms with Gasteiger partial charge >= 0.3 is 0 Å². The van der Waals surface area contributed by atoms with Gasteiger partial charge in [-0.15, -0.1) is 0 Å². The standard InChI is InChI=1S/C15H20N2O7S3/c1-24-10-2-4-11(5-3-10)27(22,23)17-14-8-25(18,19)6-12(14)16-13-7-26(20,21)9-15(13)17/h2-5,12-16H,6-9H2,1H3/t12-,13+,14+,15-. The monoisotopic (exact) mass is 436 g/mol. The Morgan fingerprint density at radius 2 is 1.41 bits per heavy atom. The molecule has 1 aromatic rings. The van der Waals surface area contributed by atoms with E-state index in [4.69, 9.17) is 4.74 Å². The molecular formula is C15H20N2O7S3. The van der Waals surface area contributed by atoms with E-state index in [1.54, 1.807) is 0 Å². The Kier molecular flexibility index (Phi) is 4.35. The van der Waals surface area contributed by atoms with Gasteiger partial charge in [-0.2, -0.15) is 4.31 Å². The molecule has 12 heteroatoms. The Labute approximate surface area is 158 Å². The topological polar surface area (TPSA) is 127 Å². The number of piperazine rings is 1. The molecule has 0 amide bonds. The number of hydrogen-bond donors (Lipinski definition) is 1. The molecule has 0 bridgehead atoms. The highest BCUT2D eigenvalue weighted by Crippen LogP contribution is 2.36. The molecule has 0 radical (unpaired) electrons. The molecule has 3 aliphatic rings. The summed E-state index contributed by atoms with van der Waals surface area (Å²) in [5.41, 5.74) is 0. The van der Waals surface area contributed by atoms with Crippen LogP contribution in [-0.2, 0) is 29.7 Å².